The summed E-state index contributed by atoms with van der Waals surface area (Å²) in [4.78, 5) is 0. The average Bonchev–Trinajstić information content (AvgIpc) is 2.58. The Morgan fingerprint density at radius 2 is 2.31 bits per heavy atom. The molecule has 13 heavy (non-hydrogen) atoms. The highest BCUT2D eigenvalue weighted by Gasteiger charge is 2.20. The van der Waals surface area contributed by atoms with Crippen molar-refractivity contribution in [1.29, 1.82) is 5.26 Å². The van der Waals surface area contributed by atoms with Gasteiger partial charge in [0.2, 0.25) is 12.5 Å². The summed E-state index contributed by atoms with van der Waals surface area (Å²) in [5, 5.41) is 8.40. The minimum absolute atomic E-state index is 0.0439. The van der Waals surface area contributed by atoms with Crippen LogP contribution in [0.2, 0.25) is 0 Å². The molecule has 0 N–H and O–H groups in total. The van der Waals surface area contributed by atoms with Gasteiger partial charge in [0.1, 0.15) is 0 Å². The fourth-order valence-electron chi connectivity index (χ4n) is 1.20. The third kappa shape index (κ3) is 1.18. The van der Waals surface area contributed by atoms with E-state index in [2.05, 4.69) is 0 Å². The molecule has 0 aliphatic carbocycles. The van der Waals surface area contributed by atoms with Crippen LogP contribution in [0.25, 0.3) is 0 Å². The van der Waals surface area contributed by atoms with Crippen molar-refractivity contribution in [3.63, 3.8) is 0 Å². The second-order valence-electron chi connectivity index (χ2n) is 2.61. The van der Waals surface area contributed by atoms with Crippen molar-refractivity contribution in [3.05, 3.63) is 23.5 Å². The van der Waals surface area contributed by atoms with E-state index in [0.29, 0.717) is 11.3 Å². The van der Waals surface area contributed by atoms with E-state index >= 15 is 0 Å². The summed E-state index contributed by atoms with van der Waals surface area (Å²) in [5.74, 6) is 0.0310. The van der Waals surface area contributed by atoms with Crippen molar-refractivity contribution in [2.24, 2.45) is 0 Å². The van der Waals surface area contributed by atoms with Crippen molar-refractivity contribution in [2.45, 2.75) is 6.42 Å². The average molecular weight is 179 g/mol. The maximum absolute atomic E-state index is 13.4. The third-order valence-electron chi connectivity index (χ3n) is 1.83. The Morgan fingerprint density at radius 3 is 3.08 bits per heavy atom. The molecule has 0 bridgehead atoms. The summed E-state index contributed by atoms with van der Waals surface area (Å²) >= 11 is 0. The number of nitrogens with zero attached hydrogens (tertiary/aromatic N) is 1. The van der Waals surface area contributed by atoms with Gasteiger partial charge in [-0.15, -0.1) is 0 Å². The summed E-state index contributed by atoms with van der Waals surface area (Å²) in [5.41, 5.74) is 0.340. The van der Waals surface area contributed by atoms with Gasteiger partial charge in [0, 0.05) is 5.56 Å². The van der Waals surface area contributed by atoms with Crippen molar-refractivity contribution in [1.82, 2.24) is 0 Å². The van der Waals surface area contributed by atoms with Crippen LogP contribution in [0.5, 0.6) is 11.5 Å². The van der Waals surface area contributed by atoms with E-state index in [9.17, 15) is 4.39 Å². The van der Waals surface area contributed by atoms with Crippen LogP contribution in [-0.2, 0) is 6.42 Å². The maximum atomic E-state index is 13.4. The van der Waals surface area contributed by atoms with Crippen LogP contribution < -0.4 is 9.47 Å². The molecule has 1 aromatic carbocycles. The number of ether oxygens (including phenoxy) is 2. The van der Waals surface area contributed by atoms with Gasteiger partial charge in [0.05, 0.1) is 12.5 Å². The molecular weight excluding hydrogens is 173 g/mol. The second-order valence-corrected chi connectivity index (χ2v) is 2.61. The Morgan fingerprint density at radius 1 is 1.46 bits per heavy atom. The number of hydrogen-bond donors (Lipinski definition) is 0. The molecule has 1 heterocycles. The Balaban J connectivity index is 2.47. The first kappa shape index (κ1) is 7.87. The first-order chi connectivity index (χ1) is 6.33. The lowest BCUT2D eigenvalue weighted by atomic mass is 10.1. The van der Waals surface area contributed by atoms with E-state index in [1.165, 1.54) is 6.07 Å². The van der Waals surface area contributed by atoms with Gasteiger partial charge < -0.3 is 9.47 Å². The van der Waals surface area contributed by atoms with Gasteiger partial charge in [-0.1, -0.05) is 6.07 Å². The van der Waals surface area contributed by atoms with Gasteiger partial charge >= 0.3 is 0 Å². The summed E-state index contributed by atoms with van der Waals surface area (Å²) in [7, 11) is 0. The number of nitriles is 1. The quantitative estimate of drug-likeness (QED) is 0.657. The summed E-state index contributed by atoms with van der Waals surface area (Å²) in [6.45, 7) is 0.0439. The zero-order valence-electron chi connectivity index (χ0n) is 6.71. The molecule has 0 fully saturated rings. The molecule has 1 aliphatic heterocycles. The highest BCUT2D eigenvalue weighted by atomic mass is 19.1. The molecule has 0 amide bonds. The second kappa shape index (κ2) is 2.94. The highest BCUT2D eigenvalue weighted by Crippen LogP contribution is 2.36. The molecule has 0 radical (unpaired) electrons. The van der Waals surface area contributed by atoms with Crippen LogP contribution in [0.4, 0.5) is 4.39 Å². The number of hydrogen-bond acceptors (Lipinski definition) is 3. The molecule has 1 aliphatic rings. The fourth-order valence-corrected chi connectivity index (χ4v) is 1.20. The lowest BCUT2D eigenvalue weighted by Crippen LogP contribution is -1.94. The maximum Gasteiger partial charge on any atom is 0.231 e. The van der Waals surface area contributed by atoms with Crippen LogP contribution in [0.15, 0.2) is 12.1 Å². The van der Waals surface area contributed by atoms with Crippen LogP contribution in [-0.4, -0.2) is 6.79 Å². The van der Waals surface area contributed by atoms with E-state index in [0.717, 1.165) is 0 Å². The first-order valence-corrected chi connectivity index (χ1v) is 3.77. The molecule has 4 heteroatoms. The Labute approximate surface area is 74.3 Å². The SMILES string of the molecule is N#CCc1ccc2c(c1F)OCO2. The molecule has 66 valence electrons. The fraction of sp³-hybridized carbons (Fsp3) is 0.222. The van der Waals surface area contributed by atoms with E-state index in [-0.39, 0.29) is 19.0 Å². The van der Waals surface area contributed by atoms with Crippen molar-refractivity contribution in [2.75, 3.05) is 6.79 Å². The Kier molecular flexibility index (Phi) is 1.78. The summed E-state index contributed by atoms with van der Waals surface area (Å²) in [6, 6.07) is 5.02. The van der Waals surface area contributed by atoms with Gasteiger partial charge in [0.15, 0.2) is 11.6 Å². The molecule has 1 aromatic rings. The van der Waals surface area contributed by atoms with Gasteiger partial charge in [-0.25, -0.2) is 4.39 Å². The van der Waals surface area contributed by atoms with Crippen molar-refractivity contribution < 1.29 is 13.9 Å². The molecule has 0 spiro atoms. The van der Waals surface area contributed by atoms with Crippen LogP contribution >= 0.6 is 0 Å². The van der Waals surface area contributed by atoms with E-state index in [4.69, 9.17) is 14.7 Å². The van der Waals surface area contributed by atoms with Crippen LogP contribution in [0, 0.1) is 17.1 Å². The highest BCUT2D eigenvalue weighted by molar-refractivity contribution is 5.46. The predicted molar refractivity (Wildman–Crippen MR) is 41.8 cm³/mol. The van der Waals surface area contributed by atoms with Gasteiger partial charge in [-0.2, -0.15) is 5.26 Å². The van der Waals surface area contributed by atoms with E-state index in [1.54, 1.807) is 6.07 Å². The zero-order valence-corrected chi connectivity index (χ0v) is 6.71. The number of benzene rings is 1. The van der Waals surface area contributed by atoms with Crippen molar-refractivity contribution >= 4 is 0 Å². The smallest absolute Gasteiger partial charge is 0.231 e. The minimum atomic E-state index is -0.489. The van der Waals surface area contributed by atoms with E-state index < -0.39 is 5.82 Å². The lowest BCUT2D eigenvalue weighted by Gasteiger charge is -2.00. The monoisotopic (exact) mass is 179 g/mol. The normalized spacial score (nSPS) is 12.6. The Hall–Kier alpha value is -1.76. The Bertz CT molecular complexity index is 384. The zero-order chi connectivity index (χ0) is 9.26. The molecule has 2 rings (SSSR count). The minimum Gasteiger partial charge on any atom is -0.453 e. The van der Waals surface area contributed by atoms with Crippen LogP contribution in [0.3, 0.4) is 0 Å². The molecule has 0 atom stereocenters. The summed E-state index contributed by atoms with van der Waals surface area (Å²) in [6.07, 6.45) is 0.0441. The number of rotatable bonds is 1. The predicted octanol–water partition coefficient (Wildman–Crippen LogP) is 1.62. The molecule has 0 aromatic heterocycles. The lowest BCUT2D eigenvalue weighted by molar-refractivity contribution is 0.171. The largest absolute Gasteiger partial charge is 0.453 e. The van der Waals surface area contributed by atoms with Crippen molar-refractivity contribution in [3.8, 4) is 17.6 Å². The standard InChI is InChI=1S/C9H6FNO2/c10-8-6(3-4-11)1-2-7-9(8)13-5-12-7/h1-2H,3,5H2. The van der Waals surface area contributed by atoms with Gasteiger partial charge in [0.25, 0.3) is 0 Å². The van der Waals surface area contributed by atoms with Gasteiger partial charge in [-0.05, 0) is 6.07 Å². The molecular formula is C9H6FNO2. The topological polar surface area (TPSA) is 42.2 Å². The summed E-state index contributed by atoms with van der Waals surface area (Å²) < 4.78 is 23.3. The third-order valence-corrected chi connectivity index (χ3v) is 1.83. The molecule has 0 saturated carbocycles. The van der Waals surface area contributed by atoms with Crippen LogP contribution in [0.1, 0.15) is 5.56 Å². The molecule has 0 saturated heterocycles. The number of halogens is 1. The molecule has 3 nitrogen and oxygen atoms in total. The van der Waals surface area contributed by atoms with Gasteiger partial charge in [-0.3, -0.25) is 0 Å². The van der Waals surface area contributed by atoms with E-state index in [1.807, 2.05) is 6.07 Å². The first-order valence-electron chi connectivity index (χ1n) is 3.77. The number of fused-ring (bicyclic) bond motifs is 1. The molecule has 0 unspecified atom stereocenters.